The van der Waals surface area contributed by atoms with Crippen molar-refractivity contribution >= 4 is 11.9 Å². The molecule has 0 heterocycles. The van der Waals surface area contributed by atoms with Crippen LogP contribution in [0.1, 0.15) is 82.5 Å². The van der Waals surface area contributed by atoms with Gasteiger partial charge in [0.2, 0.25) is 0 Å². The second-order valence-corrected chi connectivity index (χ2v) is 11.9. The first kappa shape index (κ1) is 21.9. The van der Waals surface area contributed by atoms with Crippen molar-refractivity contribution in [3.8, 4) is 0 Å². The molecule has 0 aliphatic heterocycles. The molecule has 0 aromatic heterocycles. The summed E-state index contributed by atoms with van der Waals surface area (Å²) in [7, 11) is 0. The molecule has 4 aliphatic rings. The summed E-state index contributed by atoms with van der Waals surface area (Å²) >= 11 is 0. The first-order valence-corrected chi connectivity index (χ1v) is 12.3. The maximum absolute atomic E-state index is 13.1. The molecule has 0 unspecified atom stereocenters. The lowest BCUT2D eigenvalue weighted by atomic mass is 9.38. The number of aliphatic carboxylic acids is 1. The molecule has 5 nitrogen and oxygen atoms in total. The quantitative estimate of drug-likeness (QED) is 0.641. The Bertz CT molecular complexity index is 925. The standard InChI is InChI=1S/C27H36O5/c1-24(23(29)30)10-7-11-25(2)21(24)20(32-22(28)17-8-5-4-6-9-17)15-18-14-19-16-27(18,25)13-12-26(19,3)31/h4-6,8-9,18-21,31H,7,10-16H2,1-3H3,(H,29,30)/t18-,19+,20+,21-,24+,25-,26+,27-/m0/s1. The van der Waals surface area contributed by atoms with Crippen LogP contribution < -0.4 is 0 Å². The molecule has 4 aliphatic carbocycles. The minimum absolute atomic E-state index is 0.0252. The van der Waals surface area contributed by atoms with E-state index < -0.39 is 23.1 Å². The van der Waals surface area contributed by atoms with Gasteiger partial charge < -0.3 is 14.9 Å². The maximum atomic E-state index is 13.1. The summed E-state index contributed by atoms with van der Waals surface area (Å²) in [5.41, 5.74) is -1.27. The number of carbonyl (C=O) groups excluding carboxylic acids is 1. The van der Waals surface area contributed by atoms with E-state index in [1.807, 2.05) is 32.0 Å². The van der Waals surface area contributed by atoms with E-state index in [-0.39, 0.29) is 28.6 Å². The molecule has 32 heavy (non-hydrogen) atoms. The molecule has 0 amide bonds. The van der Waals surface area contributed by atoms with Gasteiger partial charge in [-0.2, -0.15) is 0 Å². The third kappa shape index (κ3) is 2.85. The van der Waals surface area contributed by atoms with Crippen LogP contribution in [0.3, 0.4) is 0 Å². The Hall–Kier alpha value is -1.88. The van der Waals surface area contributed by atoms with Gasteiger partial charge in [-0.05, 0) is 93.6 Å². The highest BCUT2D eigenvalue weighted by Gasteiger charge is 2.72. The van der Waals surface area contributed by atoms with Crippen LogP contribution >= 0.6 is 0 Å². The Kier molecular flexibility index (Phi) is 4.84. The van der Waals surface area contributed by atoms with Gasteiger partial charge in [0, 0.05) is 5.92 Å². The molecule has 1 spiro atoms. The Balaban J connectivity index is 1.57. The lowest BCUT2D eigenvalue weighted by Gasteiger charge is -2.66. The summed E-state index contributed by atoms with van der Waals surface area (Å²) < 4.78 is 6.20. The fourth-order valence-electron chi connectivity index (χ4n) is 8.79. The molecule has 5 rings (SSSR count). The first-order chi connectivity index (χ1) is 15.0. The molecule has 2 bridgehead atoms. The van der Waals surface area contributed by atoms with Gasteiger partial charge in [0.15, 0.2) is 0 Å². The predicted octanol–water partition coefficient (Wildman–Crippen LogP) is 5.07. The number of ether oxygens (including phenoxy) is 1. The van der Waals surface area contributed by atoms with E-state index in [1.165, 1.54) is 0 Å². The van der Waals surface area contributed by atoms with Gasteiger partial charge in [-0.3, -0.25) is 4.79 Å². The van der Waals surface area contributed by atoms with E-state index in [0.29, 0.717) is 24.3 Å². The Morgan fingerprint density at radius 1 is 0.969 bits per heavy atom. The number of hydrogen-bond acceptors (Lipinski definition) is 4. The fourth-order valence-corrected chi connectivity index (χ4v) is 8.79. The van der Waals surface area contributed by atoms with E-state index in [4.69, 9.17) is 4.74 Å². The van der Waals surface area contributed by atoms with Gasteiger partial charge in [0.25, 0.3) is 0 Å². The van der Waals surface area contributed by atoms with Crippen LogP contribution in [0.4, 0.5) is 0 Å². The highest BCUT2D eigenvalue weighted by atomic mass is 16.5. The number of fused-ring (bicyclic) bond motifs is 2. The molecule has 4 fully saturated rings. The molecular weight excluding hydrogens is 404 g/mol. The van der Waals surface area contributed by atoms with Gasteiger partial charge in [-0.25, -0.2) is 4.79 Å². The number of rotatable bonds is 3. The largest absolute Gasteiger partial charge is 0.481 e. The summed E-state index contributed by atoms with van der Waals surface area (Å²) in [6, 6.07) is 9.01. The Morgan fingerprint density at radius 3 is 2.38 bits per heavy atom. The second kappa shape index (κ2) is 7.06. The fraction of sp³-hybridized carbons (Fsp3) is 0.704. The summed E-state index contributed by atoms with van der Waals surface area (Å²) in [4.78, 5) is 25.7. The van der Waals surface area contributed by atoms with Gasteiger partial charge in [-0.15, -0.1) is 0 Å². The van der Waals surface area contributed by atoms with Crippen molar-refractivity contribution in [2.45, 2.75) is 83.8 Å². The number of esters is 1. The molecule has 4 saturated carbocycles. The van der Waals surface area contributed by atoms with Crippen LogP contribution in [0, 0.1) is 34.0 Å². The van der Waals surface area contributed by atoms with E-state index >= 15 is 0 Å². The number of carboxylic acids is 1. The molecule has 1 aromatic rings. The summed E-state index contributed by atoms with van der Waals surface area (Å²) in [5.74, 6) is -0.777. The average molecular weight is 441 g/mol. The number of aliphatic hydroxyl groups is 1. The van der Waals surface area contributed by atoms with Crippen LogP contribution in [0.25, 0.3) is 0 Å². The van der Waals surface area contributed by atoms with Crippen molar-refractivity contribution in [1.29, 1.82) is 0 Å². The number of benzene rings is 1. The first-order valence-electron chi connectivity index (χ1n) is 12.3. The maximum Gasteiger partial charge on any atom is 0.338 e. The smallest absolute Gasteiger partial charge is 0.338 e. The number of carbonyl (C=O) groups is 2. The zero-order valence-corrected chi connectivity index (χ0v) is 19.5. The van der Waals surface area contributed by atoms with Gasteiger partial charge in [-0.1, -0.05) is 31.5 Å². The van der Waals surface area contributed by atoms with E-state index in [2.05, 4.69) is 6.92 Å². The third-order valence-electron chi connectivity index (χ3n) is 10.5. The molecular formula is C27H36O5. The zero-order chi connectivity index (χ0) is 22.9. The van der Waals surface area contributed by atoms with Crippen LogP contribution in [0.5, 0.6) is 0 Å². The Morgan fingerprint density at radius 2 is 1.69 bits per heavy atom. The van der Waals surface area contributed by atoms with Crippen LogP contribution in [0.2, 0.25) is 0 Å². The topological polar surface area (TPSA) is 83.8 Å². The Labute approximate surface area is 190 Å². The van der Waals surface area contributed by atoms with Gasteiger partial charge >= 0.3 is 11.9 Å². The summed E-state index contributed by atoms with van der Waals surface area (Å²) in [6.07, 6.45) is 6.35. The molecule has 2 N–H and O–H groups in total. The highest BCUT2D eigenvalue weighted by Crippen LogP contribution is 2.75. The van der Waals surface area contributed by atoms with Crippen LogP contribution in [0.15, 0.2) is 30.3 Å². The summed E-state index contributed by atoms with van der Waals surface area (Å²) in [5, 5.41) is 21.4. The lowest BCUT2D eigenvalue weighted by molar-refractivity contribution is -0.221. The van der Waals surface area contributed by atoms with E-state index in [9.17, 15) is 19.8 Å². The monoisotopic (exact) mass is 440 g/mol. The van der Waals surface area contributed by atoms with Crippen molar-refractivity contribution in [3.05, 3.63) is 35.9 Å². The summed E-state index contributed by atoms with van der Waals surface area (Å²) in [6.45, 7) is 6.13. The SMILES string of the molecule is C[C@@]1(C(=O)O)CCC[C@@]2(C)[C@H]1[C@H](OC(=O)c1ccccc1)C[C@@H]1C[C@@H]3C[C@@]12CC[C@@]3(C)O. The van der Waals surface area contributed by atoms with Gasteiger partial charge in [0.05, 0.1) is 16.6 Å². The van der Waals surface area contributed by atoms with E-state index in [0.717, 1.165) is 38.5 Å². The normalized spacial score (nSPS) is 47.2. The zero-order valence-electron chi connectivity index (χ0n) is 19.5. The van der Waals surface area contributed by atoms with Crippen LogP contribution in [-0.2, 0) is 9.53 Å². The molecule has 1 aromatic carbocycles. The lowest BCUT2D eigenvalue weighted by Crippen LogP contribution is -2.65. The molecule has 8 atom stereocenters. The number of hydrogen-bond donors (Lipinski definition) is 2. The van der Waals surface area contributed by atoms with Crippen molar-refractivity contribution in [1.82, 2.24) is 0 Å². The van der Waals surface area contributed by atoms with Gasteiger partial charge in [0.1, 0.15) is 6.10 Å². The second-order valence-electron chi connectivity index (χ2n) is 11.9. The van der Waals surface area contributed by atoms with Crippen molar-refractivity contribution in [2.75, 3.05) is 0 Å². The van der Waals surface area contributed by atoms with Crippen LogP contribution in [-0.4, -0.2) is 33.9 Å². The highest BCUT2D eigenvalue weighted by molar-refractivity contribution is 5.89. The number of carboxylic acid groups (broad SMARTS) is 1. The molecule has 0 radical (unpaired) electrons. The molecule has 174 valence electrons. The molecule has 5 heteroatoms. The molecule has 0 saturated heterocycles. The van der Waals surface area contributed by atoms with Crippen molar-refractivity contribution in [2.24, 2.45) is 34.0 Å². The van der Waals surface area contributed by atoms with Crippen molar-refractivity contribution < 1.29 is 24.5 Å². The average Bonchev–Trinajstić information content (AvgIpc) is 3.09. The van der Waals surface area contributed by atoms with E-state index in [1.54, 1.807) is 12.1 Å². The minimum atomic E-state index is -0.924. The third-order valence-corrected chi connectivity index (χ3v) is 10.5. The minimum Gasteiger partial charge on any atom is -0.481 e. The predicted molar refractivity (Wildman–Crippen MR) is 120 cm³/mol. The van der Waals surface area contributed by atoms with Crippen molar-refractivity contribution in [3.63, 3.8) is 0 Å².